The third-order valence-corrected chi connectivity index (χ3v) is 4.01. The molecule has 0 aliphatic rings. The highest BCUT2D eigenvalue weighted by Gasteiger charge is 2.20. The van der Waals surface area contributed by atoms with Gasteiger partial charge in [0.05, 0.1) is 12.1 Å². The van der Waals surface area contributed by atoms with Gasteiger partial charge in [0.25, 0.3) is 0 Å². The van der Waals surface area contributed by atoms with E-state index in [4.69, 9.17) is 0 Å². The minimum Gasteiger partial charge on any atom is -0.343 e. The molecule has 0 aliphatic heterocycles. The number of hydrogen-bond donors (Lipinski definition) is 2. The van der Waals surface area contributed by atoms with Gasteiger partial charge in [-0.1, -0.05) is 36.4 Å². The molecule has 2 aromatic rings. The lowest BCUT2D eigenvalue weighted by molar-refractivity contribution is -0.123. The molecule has 2 rings (SSSR count). The number of benzene rings is 1. The van der Waals surface area contributed by atoms with Gasteiger partial charge in [-0.15, -0.1) is 11.3 Å². The molecule has 19 heavy (non-hydrogen) atoms. The van der Waals surface area contributed by atoms with Crippen LogP contribution in [0.5, 0.6) is 0 Å². The van der Waals surface area contributed by atoms with E-state index in [1.807, 2.05) is 54.8 Å². The molecule has 4 heteroatoms. The van der Waals surface area contributed by atoms with Gasteiger partial charge in [0, 0.05) is 4.88 Å². The quantitative estimate of drug-likeness (QED) is 0.880. The van der Waals surface area contributed by atoms with Crippen molar-refractivity contribution in [3.05, 3.63) is 58.3 Å². The second kappa shape index (κ2) is 6.50. The minimum atomic E-state index is -0.203. The van der Waals surface area contributed by atoms with E-state index in [9.17, 15) is 4.79 Å². The maximum absolute atomic E-state index is 12.1. The maximum atomic E-state index is 12.1. The molecule has 0 saturated carbocycles. The fourth-order valence-corrected chi connectivity index (χ4v) is 2.62. The number of carbonyl (C=O) groups excluding carboxylic acids is 1. The Hall–Kier alpha value is -1.65. The van der Waals surface area contributed by atoms with Crippen molar-refractivity contribution >= 4 is 17.2 Å². The summed E-state index contributed by atoms with van der Waals surface area (Å²) in [5.41, 5.74) is 1.10. The number of likely N-dealkylation sites (N-methyl/N-ethyl adjacent to an activating group) is 1. The summed E-state index contributed by atoms with van der Waals surface area (Å²) in [5, 5.41) is 8.08. The van der Waals surface area contributed by atoms with E-state index in [1.54, 1.807) is 18.4 Å². The molecule has 0 radical (unpaired) electrons. The highest BCUT2D eigenvalue weighted by Crippen LogP contribution is 2.25. The van der Waals surface area contributed by atoms with E-state index >= 15 is 0 Å². The highest BCUT2D eigenvalue weighted by molar-refractivity contribution is 7.10. The molecule has 0 saturated heterocycles. The second-order valence-electron chi connectivity index (χ2n) is 4.38. The van der Waals surface area contributed by atoms with Crippen LogP contribution in [0.4, 0.5) is 0 Å². The topological polar surface area (TPSA) is 41.1 Å². The van der Waals surface area contributed by atoms with Gasteiger partial charge < -0.3 is 10.6 Å². The Bertz CT molecular complexity index is 510. The average molecular weight is 274 g/mol. The van der Waals surface area contributed by atoms with Crippen molar-refractivity contribution in [2.75, 3.05) is 7.05 Å². The first-order valence-electron chi connectivity index (χ1n) is 6.28. The first-order valence-corrected chi connectivity index (χ1v) is 7.16. The van der Waals surface area contributed by atoms with Gasteiger partial charge >= 0.3 is 0 Å². The van der Waals surface area contributed by atoms with Gasteiger partial charge in [0.15, 0.2) is 0 Å². The summed E-state index contributed by atoms with van der Waals surface area (Å²) in [6, 6.07) is 13.8. The van der Waals surface area contributed by atoms with Crippen molar-refractivity contribution in [2.24, 2.45) is 0 Å². The molecule has 1 heterocycles. The van der Waals surface area contributed by atoms with Crippen LogP contribution in [0.1, 0.15) is 23.4 Å². The zero-order chi connectivity index (χ0) is 13.7. The van der Waals surface area contributed by atoms with Crippen LogP contribution in [-0.2, 0) is 4.79 Å². The largest absolute Gasteiger partial charge is 0.343 e. The van der Waals surface area contributed by atoms with E-state index < -0.39 is 0 Å². The van der Waals surface area contributed by atoms with Crippen molar-refractivity contribution in [1.82, 2.24) is 10.6 Å². The number of amides is 1. The van der Waals surface area contributed by atoms with Crippen LogP contribution in [0.25, 0.3) is 0 Å². The zero-order valence-electron chi connectivity index (χ0n) is 11.1. The van der Waals surface area contributed by atoms with E-state index in [2.05, 4.69) is 10.6 Å². The number of thiophene rings is 1. The predicted octanol–water partition coefficient (Wildman–Crippen LogP) is 2.56. The Morgan fingerprint density at radius 1 is 1.16 bits per heavy atom. The monoisotopic (exact) mass is 274 g/mol. The summed E-state index contributed by atoms with van der Waals surface area (Å²) in [7, 11) is 1.78. The van der Waals surface area contributed by atoms with E-state index in [0.29, 0.717) is 0 Å². The van der Waals surface area contributed by atoms with Crippen LogP contribution in [0.15, 0.2) is 47.8 Å². The molecule has 100 valence electrons. The first-order chi connectivity index (χ1) is 9.22. The summed E-state index contributed by atoms with van der Waals surface area (Å²) in [4.78, 5) is 13.2. The van der Waals surface area contributed by atoms with Crippen molar-refractivity contribution < 1.29 is 4.79 Å². The van der Waals surface area contributed by atoms with Crippen LogP contribution >= 0.6 is 11.3 Å². The van der Waals surface area contributed by atoms with Gasteiger partial charge in [-0.3, -0.25) is 4.79 Å². The Kier molecular flexibility index (Phi) is 4.71. The summed E-state index contributed by atoms with van der Waals surface area (Å²) in [6.07, 6.45) is 0. The summed E-state index contributed by atoms with van der Waals surface area (Å²) < 4.78 is 0. The van der Waals surface area contributed by atoms with E-state index in [0.717, 1.165) is 10.4 Å². The van der Waals surface area contributed by atoms with Gasteiger partial charge in [0.2, 0.25) is 5.91 Å². The lowest BCUT2D eigenvalue weighted by Gasteiger charge is -2.20. The van der Waals surface area contributed by atoms with E-state index in [1.165, 1.54) is 0 Å². The molecule has 0 bridgehead atoms. The number of rotatable bonds is 5. The molecular formula is C15H18N2OS. The fraction of sp³-hybridized carbons (Fsp3) is 0.267. The highest BCUT2D eigenvalue weighted by atomic mass is 32.1. The first kappa shape index (κ1) is 13.8. The molecule has 1 aromatic heterocycles. The SMILES string of the molecule is CNC(C)C(=O)NC(c1ccccc1)c1cccs1. The summed E-state index contributed by atoms with van der Waals surface area (Å²) in [6.45, 7) is 1.85. The minimum absolute atomic E-state index is 0.00440. The van der Waals surface area contributed by atoms with Gasteiger partial charge in [-0.05, 0) is 31.0 Å². The van der Waals surface area contributed by atoms with Crippen LogP contribution in [-0.4, -0.2) is 19.0 Å². The van der Waals surface area contributed by atoms with Gasteiger partial charge in [-0.25, -0.2) is 0 Å². The molecule has 0 aliphatic carbocycles. The van der Waals surface area contributed by atoms with Crippen molar-refractivity contribution in [3.8, 4) is 0 Å². The van der Waals surface area contributed by atoms with Gasteiger partial charge in [0.1, 0.15) is 0 Å². The Morgan fingerprint density at radius 3 is 2.47 bits per heavy atom. The lowest BCUT2D eigenvalue weighted by Crippen LogP contribution is -2.42. The van der Waals surface area contributed by atoms with Crippen LogP contribution in [0.2, 0.25) is 0 Å². The summed E-state index contributed by atoms with van der Waals surface area (Å²) in [5.74, 6) is 0.00440. The molecule has 1 amide bonds. The third-order valence-electron chi connectivity index (χ3n) is 3.07. The fourth-order valence-electron chi connectivity index (χ4n) is 1.82. The second-order valence-corrected chi connectivity index (χ2v) is 5.36. The Labute approximate surface area is 117 Å². The van der Waals surface area contributed by atoms with Crippen molar-refractivity contribution in [3.63, 3.8) is 0 Å². The standard InChI is InChI=1S/C15H18N2OS/c1-11(16-2)15(18)17-14(13-9-6-10-19-13)12-7-4-3-5-8-12/h3-11,14,16H,1-2H3,(H,17,18). The van der Waals surface area contributed by atoms with Crippen molar-refractivity contribution in [2.45, 2.75) is 19.0 Å². The molecule has 2 unspecified atom stereocenters. The molecule has 2 N–H and O–H groups in total. The van der Waals surface area contributed by atoms with Gasteiger partial charge in [-0.2, -0.15) is 0 Å². The van der Waals surface area contributed by atoms with Crippen molar-refractivity contribution in [1.29, 1.82) is 0 Å². The number of nitrogens with one attached hydrogen (secondary N) is 2. The smallest absolute Gasteiger partial charge is 0.237 e. The van der Waals surface area contributed by atoms with Crippen LogP contribution < -0.4 is 10.6 Å². The molecular weight excluding hydrogens is 256 g/mol. The summed E-state index contributed by atoms with van der Waals surface area (Å²) >= 11 is 1.65. The molecule has 3 nitrogen and oxygen atoms in total. The van der Waals surface area contributed by atoms with Crippen LogP contribution in [0.3, 0.4) is 0 Å². The molecule has 2 atom stereocenters. The molecule has 1 aromatic carbocycles. The zero-order valence-corrected chi connectivity index (χ0v) is 11.9. The Balaban J connectivity index is 2.24. The molecule has 0 spiro atoms. The Morgan fingerprint density at radius 2 is 1.89 bits per heavy atom. The maximum Gasteiger partial charge on any atom is 0.237 e. The third kappa shape index (κ3) is 3.43. The molecule has 0 fully saturated rings. The average Bonchev–Trinajstić information content (AvgIpc) is 2.98. The number of carbonyl (C=O) groups is 1. The predicted molar refractivity (Wildman–Crippen MR) is 79.3 cm³/mol. The lowest BCUT2D eigenvalue weighted by atomic mass is 10.0. The van der Waals surface area contributed by atoms with Crippen LogP contribution in [0, 0.1) is 0 Å². The van der Waals surface area contributed by atoms with E-state index in [-0.39, 0.29) is 18.0 Å². The number of hydrogen-bond acceptors (Lipinski definition) is 3. The normalized spacial score (nSPS) is 13.8.